The van der Waals surface area contributed by atoms with E-state index in [0.717, 1.165) is 0 Å². The molecule has 0 aliphatic carbocycles. The summed E-state index contributed by atoms with van der Waals surface area (Å²) in [6.45, 7) is 3.05. The van der Waals surface area contributed by atoms with Gasteiger partial charge in [-0.25, -0.2) is 4.98 Å². The molecule has 0 radical (unpaired) electrons. The van der Waals surface area contributed by atoms with Crippen LogP contribution in [0.15, 0.2) is 12.3 Å². The minimum absolute atomic E-state index is 0.0122. The highest BCUT2D eigenvalue weighted by atomic mass is 16.5. The number of aliphatic hydroxyl groups is 1. The third-order valence-electron chi connectivity index (χ3n) is 2.84. The maximum absolute atomic E-state index is 9.19. The van der Waals surface area contributed by atoms with Gasteiger partial charge in [-0.15, -0.1) is 0 Å². The van der Waals surface area contributed by atoms with Gasteiger partial charge in [0.25, 0.3) is 0 Å². The molecule has 96 valence electrons. The number of rotatable bonds is 2. The highest BCUT2D eigenvalue weighted by molar-refractivity contribution is 5.59. The summed E-state index contributed by atoms with van der Waals surface area (Å²) >= 11 is 0. The Hall–Kier alpha value is -1.84. The predicted molar refractivity (Wildman–Crippen MR) is 67.0 cm³/mol. The molecule has 0 aromatic carbocycles. The molecule has 2 heterocycles. The number of nitriles is 1. The summed E-state index contributed by atoms with van der Waals surface area (Å²) in [5, 5.41) is 18.3. The lowest BCUT2D eigenvalue weighted by molar-refractivity contribution is -0.0423. The van der Waals surface area contributed by atoms with Gasteiger partial charge in [0, 0.05) is 13.1 Å². The number of nitrogens with zero attached hydrogens (tertiary/aromatic N) is 3. The van der Waals surface area contributed by atoms with Gasteiger partial charge in [-0.1, -0.05) is 0 Å². The third-order valence-corrected chi connectivity index (χ3v) is 2.84. The predicted octanol–water partition coefficient (Wildman–Crippen LogP) is 0.121. The molecular formula is C12H16N4O2. The summed E-state index contributed by atoms with van der Waals surface area (Å²) in [5.74, 6) is 0.598. The molecular weight excluding hydrogens is 232 g/mol. The average Bonchev–Trinajstić information content (AvgIpc) is 2.37. The lowest BCUT2D eigenvalue weighted by atomic mass is 10.2. The van der Waals surface area contributed by atoms with Crippen LogP contribution in [-0.2, 0) is 4.74 Å². The minimum atomic E-state index is -0.250. The van der Waals surface area contributed by atoms with E-state index in [4.69, 9.17) is 15.7 Å². The number of nitrogens with two attached hydrogens (primary N) is 1. The Morgan fingerprint density at radius 1 is 1.67 bits per heavy atom. The van der Waals surface area contributed by atoms with Crippen LogP contribution in [0.5, 0.6) is 0 Å². The Balaban J connectivity index is 2.28. The van der Waals surface area contributed by atoms with Crippen molar-refractivity contribution in [1.82, 2.24) is 4.98 Å². The molecule has 0 amide bonds. The molecule has 2 rings (SSSR count). The van der Waals surface area contributed by atoms with E-state index in [2.05, 4.69) is 11.1 Å². The van der Waals surface area contributed by atoms with Gasteiger partial charge in [0.05, 0.1) is 36.3 Å². The van der Waals surface area contributed by atoms with Crippen molar-refractivity contribution in [2.45, 2.75) is 19.1 Å². The summed E-state index contributed by atoms with van der Waals surface area (Å²) in [5.41, 5.74) is 6.53. The summed E-state index contributed by atoms with van der Waals surface area (Å²) in [6, 6.07) is 3.70. The Morgan fingerprint density at radius 3 is 3.11 bits per heavy atom. The molecule has 0 bridgehead atoms. The van der Waals surface area contributed by atoms with Crippen LogP contribution in [0.4, 0.5) is 11.5 Å². The van der Waals surface area contributed by atoms with Crippen molar-refractivity contribution in [3.63, 3.8) is 0 Å². The highest BCUT2D eigenvalue weighted by Crippen LogP contribution is 2.23. The van der Waals surface area contributed by atoms with Crippen molar-refractivity contribution in [2.24, 2.45) is 0 Å². The van der Waals surface area contributed by atoms with Crippen LogP contribution in [-0.4, -0.2) is 42.0 Å². The lowest BCUT2D eigenvalue weighted by Gasteiger charge is -2.37. The van der Waals surface area contributed by atoms with Crippen LogP contribution < -0.4 is 10.6 Å². The SMILES string of the molecule is CC1CN(c2ncc(N)cc2C#N)CC(CO)O1. The number of aliphatic hydroxyl groups excluding tert-OH is 1. The second-order valence-corrected chi connectivity index (χ2v) is 4.41. The van der Waals surface area contributed by atoms with Gasteiger partial charge in [0.2, 0.25) is 0 Å². The molecule has 2 atom stereocenters. The van der Waals surface area contributed by atoms with E-state index >= 15 is 0 Å². The van der Waals surface area contributed by atoms with E-state index in [1.807, 2.05) is 11.8 Å². The van der Waals surface area contributed by atoms with E-state index in [9.17, 15) is 5.11 Å². The van der Waals surface area contributed by atoms with Crippen LogP contribution >= 0.6 is 0 Å². The van der Waals surface area contributed by atoms with Gasteiger partial charge in [-0.3, -0.25) is 0 Å². The molecule has 1 aromatic heterocycles. The van der Waals surface area contributed by atoms with E-state index in [-0.39, 0.29) is 18.8 Å². The van der Waals surface area contributed by atoms with Gasteiger partial charge in [0.1, 0.15) is 11.9 Å². The molecule has 6 nitrogen and oxygen atoms in total. The molecule has 1 aliphatic rings. The molecule has 6 heteroatoms. The van der Waals surface area contributed by atoms with Gasteiger partial charge < -0.3 is 20.5 Å². The molecule has 1 fully saturated rings. The monoisotopic (exact) mass is 248 g/mol. The zero-order valence-electron chi connectivity index (χ0n) is 10.2. The molecule has 3 N–H and O–H groups in total. The number of aromatic nitrogens is 1. The first kappa shape index (κ1) is 12.6. The smallest absolute Gasteiger partial charge is 0.146 e. The van der Waals surface area contributed by atoms with Crippen molar-refractivity contribution in [3.05, 3.63) is 17.8 Å². The number of ether oxygens (including phenoxy) is 1. The second-order valence-electron chi connectivity index (χ2n) is 4.41. The molecule has 1 aliphatic heterocycles. The molecule has 1 aromatic rings. The number of anilines is 2. The second kappa shape index (κ2) is 5.21. The zero-order chi connectivity index (χ0) is 13.1. The minimum Gasteiger partial charge on any atom is -0.397 e. The van der Waals surface area contributed by atoms with Crippen LogP contribution in [0.1, 0.15) is 12.5 Å². The van der Waals surface area contributed by atoms with Crippen LogP contribution in [0.2, 0.25) is 0 Å². The van der Waals surface area contributed by atoms with Crippen LogP contribution in [0.25, 0.3) is 0 Å². The Labute approximate surface area is 106 Å². The zero-order valence-corrected chi connectivity index (χ0v) is 10.2. The third kappa shape index (κ3) is 2.53. The Kier molecular flexibility index (Phi) is 3.65. The number of hydrogen-bond acceptors (Lipinski definition) is 6. The standard InChI is InChI=1S/C12H16N4O2/c1-8-5-16(6-11(7-17)18-8)12-9(3-13)2-10(14)4-15-12/h2,4,8,11,17H,5-7,14H2,1H3. The van der Waals surface area contributed by atoms with Gasteiger partial charge in [-0.05, 0) is 13.0 Å². The highest BCUT2D eigenvalue weighted by Gasteiger charge is 2.27. The van der Waals surface area contributed by atoms with Crippen molar-refractivity contribution in [3.8, 4) is 6.07 Å². The first-order chi connectivity index (χ1) is 8.63. The fraction of sp³-hybridized carbons (Fsp3) is 0.500. The quantitative estimate of drug-likeness (QED) is 0.772. The van der Waals surface area contributed by atoms with Crippen molar-refractivity contribution in [1.29, 1.82) is 5.26 Å². The lowest BCUT2D eigenvalue weighted by Crippen LogP contribution is -2.48. The Morgan fingerprint density at radius 2 is 2.44 bits per heavy atom. The number of hydrogen-bond donors (Lipinski definition) is 2. The maximum atomic E-state index is 9.19. The van der Waals surface area contributed by atoms with Gasteiger partial charge in [-0.2, -0.15) is 5.26 Å². The average molecular weight is 248 g/mol. The van der Waals surface area contributed by atoms with E-state index in [1.54, 1.807) is 6.07 Å². The fourth-order valence-electron chi connectivity index (χ4n) is 2.13. The summed E-state index contributed by atoms with van der Waals surface area (Å²) in [6.07, 6.45) is 1.27. The maximum Gasteiger partial charge on any atom is 0.146 e. The topological polar surface area (TPSA) is 95.4 Å². The number of morpholine rings is 1. The van der Waals surface area contributed by atoms with Crippen molar-refractivity contribution in [2.75, 3.05) is 30.3 Å². The fourth-order valence-corrected chi connectivity index (χ4v) is 2.13. The Bertz CT molecular complexity index is 472. The van der Waals surface area contributed by atoms with E-state index in [1.165, 1.54) is 6.20 Å². The summed E-state index contributed by atoms with van der Waals surface area (Å²) in [7, 11) is 0. The van der Waals surface area contributed by atoms with Crippen molar-refractivity contribution >= 4 is 11.5 Å². The normalized spacial score (nSPS) is 23.7. The summed E-state index contributed by atoms with van der Waals surface area (Å²) < 4.78 is 5.56. The van der Waals surface area contributed by atoms with E-state index < -0.39 is 0 Å². The van der Waals surface area contributed by atoms with Crippen LogP contribution in [0, 0.1) is 11.3 Å². The molecule has 1 saturated heterocycles. The van der Waals surface area contributed by atoms with Crippen molar-refractivity contribution < 1.29 is 9.84 Å². The first-order valence-electron chi connectivity index (χ1n) is 5.81. The van der Waals surface area contributed by atoms with Crippen LogP contribution in [0.3, 0.4) is 0 Å². The number of pyridine rings is 1. The van der Waals surface area contributed by atoms with E-state index in [0.29, 0.717) is 30.2 Å². The molecule has 2 unspecified atom stereocenters. The van der Waals surface area contributed by atoms with Gasteiger partial charge >= 0.3 is 0 Å². The summed E-state index contributed by atoms with van der Waals surface area (Å²) in [4.78, 5) is 6.17. The van der Waals surface area contributed by atoms with Gasteiger partial charge in [0.15, 0.2) is 0 Å². The molecule has 0 spiro atoms. The molecule has 18 heavy (non-hydrogen) atoms. The largest absolute Gasteiger partial charge is 0.397 e. The first-order valence-corrected chi connectivity index (χ1v) is 5.81. The molecule has 0 saturated carbocycles. The number of nitrogen functional groups attached to an aromatic ring is 1.